The van der Waals surface area contributed by atoms with E-state index in [1.165, 1.54) is 34.4 Å². The molecule has 0 bridgehead atoms. The third-order valence-electron chi connectivity index (χ3n) is 3.19. The van der Waals surface area contributed by atoms with E-state index in [9.17, 15) is 9.59 Å². The zero-order chi connectivity index (χ0) is 18.0. The summed E-state index contributed by atoms with van der Waals surface area (Å²) in [7, 11) is 0. The Morgan fingerprint density at radius 3 is 2.88 bits per heavy atom. The number of thioether (sulfide) groups is 1. The van der Waals surface area contributed by atoms with Crippen LogP contribution in [0.3, 0.4) is 0 Å². The lowest BCUT2D eigenvalue weighted by Gasteiger charge is -2.02. The van der Waals surface area contributed by atoms with Gasteiger partial charge in [0.25, 0.3) is 0 Å². The van der Waals surface area contributed by atoms with Gasteiger partial charge in [-0.1, -0.05) is 23.1 Å². The van der Waals surface area contributed by atoms with Crippen molar-refractivity contribution in [2.24, 2.45) is 5.73 Å². The number of fused-ring (bicyclic) bond motifs is 1. The van der Waals surface area contributed by atoms with E-state index in [0.29, 0.717) is 15.2 Å². The molecule has 0 aliphatic heterocycles. The van der Waals surface area contributed by atoms with Crippen LogP contribution in [0.2, 0.25) is 0 Å². The summed E-state index contributed by atoms with van der Waals surface area (Å²) < 4.78 is 0.716. The van der Waals surface area contributed by atoms with Crippen LogP contribution in [-0.4, -0.2) is 32.0 Å². The molecule has 0 aliphatic rings. The van der Waals surface area contributed by atoms with Crippen molar-refractivity contribution in [3.63, 3.8) is 0 Å². The van der Waals surface area contributed by atoms with Crippen molar-refractivity contribution >= 4 is 61.7 Å². The first-order chi connectivity index (χ1) is 11.9. The number of amides is 2. The number of thiazole rings is 2. The highest BCUT2D eigenvalue weighted by Crippen LogP contribution is 2.27. The summed E-state index contributed by atoms with van der Waals surface area (Å²) in [6.45, 7) is 3.64. The van der Waals surface area contributed by atoms with Crippen LogP contribution in [0.1, 0.15) is 18.3 Å². The molecular weight excluding hydrogens is 378 g/mol. The van der Waals surface area contributed by atoms with Gasteiger partial charge in [-0.3, -0.25) is 9.59 Å². The maximum atomic E-state index is 12.2. The van der Waals surface area contributed by atoms with Crippen LogP contribution in [0.4, 0.5) is 5.13 Å². The lowest BCUT2D eigenvalue weighted by Crippen LogP contribution is -2.22. The highest BCUT2D eigenvalue weighted by Gasteiger charge is 2.15. The first-order valence-corrected chi connectivity index (χ1v) is 9.92. The second-order valence-corrected chi connectivity index (χ2v) is 8.71. The molecule has 3 heterocycles. The molecule has 0 fully saturated rings. The average Bonchev–Trinajstić information content (AvgIpc) is 3.12. The maximum Gasteiger partial charge on any atom is 0.232 e. The second-order valence-electron chi connectivity index (χ2n) is 5.29. The monoisotopic (exact) mass is 393 g/mol. The number of primary amides is 1. The number of hydrogen-bond acceptors (Lipinski definition) is 8. The van der Waals surface area contributed by atoms with Gasteiger partial charge in [0.05, 0.1) is 17.4 Å². The number of nitrogens with one attached hydrogen (secondary N) is 1. The van der Waals surface area contributed by atoms with E-state index < -0.39 is 0 Å². The number of anilines is 1. The van der Waals surface area contributed by atoms with Crippen LogP contribution in [-0.2, 0) is 16.0 Å². The number of hydrogen-bond donors (Lipinski definition) is 2. The van der Waals surface area contributed by atoms with E-state index in [4.69, 9.17) is 5.73 Å². The Labute approximate surface area is 156 Å². The van der Waals surface area contributed by atoms with Crippen LogP contribution in [0.5, 0.6) is 0 Å². The molecule has 0 aliphatic carbocycles. The fraction of sp³-hybridized carbons (Fsp3) is 0.267. The standard InChI is InChI=1S/C15H15N5O2S3/c1-7-3-4-10-13(17-7)25-14(19-10)20-11(21)5-9-6-23-15(18-9)24-8(2)12(16)22/h3-4,6,8H,5H2,1-2H3,(H2,16,22)(H,19,20,21). The summed E-state index contributed by atoms with van der Waals surface area (Å²) in [5.41, 5.74) is 7.56. The van der Waals surface area contributed by atoms with Gasteiger partial charge in [-0.15, -0.1) is 11.3 Å². The molecule has 0 aromatic carbocycles. The lowest BCUT2D eigenvalue weighted by molar-refractivity contribution is -0.117. The minimum Gasteiger partial charge on any atom is -0.369 e. The Morgan fingerprint density at radius 1 is 1.32 bits per heavy atom. The smallest absolute Gasteiger partial charge is 0.232 e. The molecule has 3 aromatic rings. The lowest BCUT2D eigenvalue weighted by atomic mass is 10.3. The highest BCUT2D eigenvalue weighted by molar-refractivity contribution is 8.02. The van der Waals surface area contributed by atoms with Crippen LogP contribution in [0.25, 0.3) is 10.3 Å². The van der Waals surface area contributed by atoms with E-state index >= 15 is 0 Å². The number of rotatable bonds is 6. The summed E-state index contributed by atoms with van der Waals surface area (Å²) in [4.78, 5) is 37.2. The number of nitrogens with zero attached hydrogens (tertiary/aromatic N) is 3. The Morgan fingerprint density at radius 2 is 2.12 bits per heavy atom. The molecule has 0 radical (unpaired) electrons. The maximum absolute atomic E-state index is 12.2. The number of aromatic nitrogens is 3. The van der Waals surface area contributed by atoms with Crippen molar-refractivity contribution in [3.05, 3.63) is 28.9 Å². The average molecular weight is 394 g/mol. The Bertz CT molecular complexity index is 936. The van der Waals surface area contributed by atoms with Crippen LogP contribution < -0.4 is 11.1 Å². The molecule has 0 spiro atoms. The zero-order valence-electron chi connectivity index (χ0n) is 13.5. The minimum atomic E-state index is -0.390. The number of carbonyl (C=O) groups is 2. The van der Waals surface area contributed by atoms with Gasteiger partial charge in [0.15, 0.2) is 9.47 Å². The van der Waals surface area contributed by atoms with Gasteiger partial charge in [-0.25, -0.2) is 15.0 Å². The molecule has 1 unspecified atom stereocenters. The molecule has 130 valence electrons. The van der Waals surface area contributed by atoms with Gasteiger partial charge < -0.3 is 11.1 Å². The number of nitrogens with two attached hydrogens (primary N) is 1. The van der Waals surface area contributed by atoms with Crippen molar-refractivity contribution in [1.29, 1.82) is 0 Å². The highest BCUT2D eigenvalue weighted by atomic mass is 32.2. The molecule has 3 N–H and O–H groups in total. The van der Waals surface area contributed by atoms with E-state index in [1.54, 1.807) is 12.3 Å². The van der Waals surface area contributed by atoms with Crippen LogP contribution in [0.15, 0.2) is 21.9 Å². The third kappa shape index (κ3) is 4.53. The quantitative estimate of drug-likeness (QED) is 0.623. The van der Waals surface area contributed by atoms with Gasteiger partial charge in [0.2, 0.25) is 11.8 Å². The minimum absolute atomic E-state index is 0.143. The van der Waals surface area contributed by atoms with Gasteiger partial charge >= 0.3 is 0 Å². The number of carbonyl (C=O) groups excluding carboxylic acids is 2. The van der Waals surface area contributed by atoms with E-state index in [2.05, 4.69) is 20.3 Å². The van der Waals surface area contributed by atoms with Crippen LogP contribution >= 0.6 is 34.4 Å². The normalized spacial score (nSPS) is 12.2. The Balaban J connectivity index is 1.62. The molecule has 1 atom stereocenters. The van der Waals surface area contributed by atoms with E-state index in [-0.39, 0.29) is 23.5 Å². The van der Waals surface area contributed by atoms with Crippen molar-refractivity contribution in [2.45, 2.75) is 29.9 Å². The molecule has 3 aromatic heterocycles. The van der Waals surface area contributed by atoms with Gasteiger partial charge in [-0.2, -0.15) is 0 Å². The summed E-state index contributed by atoms with van der Waals surface area (Å²) in [6.07, 6.45) is 0.143. The largest absolute Gasteiger partial charge is 0.369 e. The molecule has 10 heteroatoms. The van der Waals surface area contributed by atoms with Gasteiger partial charge in [0.1, 0.15) is 10.3 Å². The van der Waals surface area contributed by atoms with Gasteiger partial charge in [0, 0.05) is 11.1 Å². The first-order valence-electron chi connectivity index (χ1n) is 7.35. The molecule has 3 rings (SSSR count). The fourth-order valence-electron chi connectivity index (χ4n) is 1.92. The molecule has 0 saturated heterocycles. The predicted octanol–water partition coefficient (Wildman–Crippen LogP) is 2.60. The number of aryl methyl sites for hydroxylation is 1. The summed E-state index contributed by atoms with van der Waals surface area (Å²) >= 11 is 4.02. The summed E-state index contributed by atoms with van der Waals surface area (Å²) in [5, 5.41) is 4.75. The third-order valence-corrected chi connectivity index (χ3v) is 6.21. The van der Waals surface area contributed by atoms with Crippen LogP contribution in [0, 0.1) is 6.92 Å². The van der Waals surface area contributed by atoms with E-state index in [1.807, 2.05) is 19.1 Å². The zero-order valence-corrected chi connectivity index (χ0v) is 15.9. The fourth-order valence-corrected chi connectivity index (χ4v) is 4.75. The van der Waals surface area contributed by atoms with Crippen molar-refractivity contribution in [1.82, 2.24) is 15.0 Å². The second kappa shape index (κ2) is 7.46. The molecule has 2 amide bonds. The summed E-state index contributed by atoms with van der Waals surface area (Å²) in [6, 6.07) is 3.77. The van der Waals surface area contributed by atoms with Crippen molar-refractivity contribution in [2.75, 3.05) is 5.32 Å². The van der Waals surface area contributed by atoms with Crippen molar-refractivity contribution in [3.8, 4) is 0 Å². The molecule has 7 nitrogen and oxygen atoms in total. The Hall–Kier alpha value is -2.04. The molecule has 0 saturated carbocycles. The Kier molecular flexibility index (Phi) is 5.30. The summed E-state index contributed by atoms with van der Waals surface area (Å²) in [5.74, 6) is -0.584. The van der Waals surface area contributed by atoms with Gasteiger partial charge in [-0.05, 0) is 26.0 Å². The molecule has 25 heavy (non-hydrogen) atoms. The molecular formula is C15H15N5O2S3. The first kappa shape index (κ1) is 17.8. The SMILES string of the molecule is Cc1ccc2nc(NC(=O)Cc3csc(SC(C)C(N)=O)n3)sc2n1. The number of pyridine rings is 1. The van der Waals surface area contributed by atoms with E-state index in [0.717, 1.165) is 16.0 Å². The predicted molar refractivity (Wildman–Crippen MR) is 101 cm³/mol. The topological polar surface area (TPSA) is 111 Å². The van der Waals surface area contributed by atoms with Crippen molar-refractivity contribution < 1.29 is 9.59 Å².